The molecule has 0 aliphatic heterocycles. The Hall–Kier alpha value is -1.10. The minimum Gasteiger partial charge on any atom is -0.505 e. The van der Waals surface area contributed by atoms with Crippen LogP contribution in [-0.2, 0) is 0 Å². The molecule has 0 aliphatic rings. The summed E-state index contributed by atoms with van der Waals surface area (Å²) in [7, 11) is 0. The molecule has 3 N–H and O–H groups in total. The van der Waals surface area contributed by atoms with Gasteiger partial charge in [0, 0.05) is 5.56 Å². The molecule has 0 aliphatic carbocycles. The van der Waals surface area contributed by atoms with Crippen molar-refractivity contribution in [2.75, 3.05) is 0 Å². The van der Waals surface area contributed by atoms with Gasteiger partial charge in [0.15, 0.2) is 11.6 Å². The minimum atomic E-state index is -0.641. The second-order valence-electron chi connectivity index (χ2n) is 3.21. The van der Waals surface area contributed by atoms with Crippen LogP contribution in [0.25, 0.3) is 0 Å². The number of hydrogen-bond donors (Lipinski definition) is 2. The number of aromatic hydroxyl groups is 1. The summed E-state index contributed by atoms with van der Waals surface area (Å²) in [5, 5.41) is 13.3. The predicted molar refractivity (Wildman–Crippen MR) is 65.7 cm³/mol. The Labute approximate surface area is 103 Å². The van der Waals surface area contributed by atoms with Crippen molar-refractivity contribution in [1.29, 1.82) is 0 Å². The summed E-state index contributed by atoms with van der Waals surface area (Å²) in [5.41, 5.74) is 7.20. The van der Waals surface area contributed by atoms with Gasteiger partial charge < -0.3 is 10.8 Å². The fraction of sp³-hybridized carbons (Fsp3) is 0.0909. The number of halogens is 2. The van der Waals surface area contributed by atoms with Crippen molar-refractivity contribution >= 4 is 23.7 Å². The van der Waals surface area contributed by atoms with Crippen LogP contribution in [0.1, 0.15) is 17.2 Å². The summed E-state index contributed by atoms with van der Waals surface area (Å²) in [6, 6.07) is 5.75. The van der Waals surface area contributed by atoms with Crippen LogP contribution in [0.2, 0.25) is 0 Å². The minimum absolute atomic E-state index is 0. The number of hydrogen-bond acceptors (Lipinski definition) is 3. The van der Waals surface area contributed by atoms with E-state index in [2.05, 4.69) is 0 Å². The van der Waals surface area contributed by atoms with Crippen molar-refractivity contribution in [3.8, 4) is 5.75 Å². The van der Waals surface area contributed by atoms with E-state index in [4.69, 9.17) is 5.73 Å². The van der Waals surface area contributed by atoms with E-state index in [0.29, 0.717) is 5.56 Å². The second kappa shape index (κ2) is 5.30. The normalized spacial score (nSPS) is 11.9. The number of nitrogens with two attached hydrogens (primary N) is 1. The molecular weight excluding hydrogens is 249 g/mol. The molecular formula is C11H11ClFNOS. The molecule has 0 saturated carbocycles. The highest BCUT2D eigenvalue weighted by atomic mass is 35.5. The number of para-hydroxylation sites is 1. The quantitative estimate of drug-likeness (QED) is 0.871. The first-order valence-corrected chi connectivity index (χ1v) is 5.39. The van der Waals surface area contributed by atoms with Crippen LogP contribution >= 0.6 is 23.7 Å². The first-order chi connectivity index (χ1) is 7.20. The van der Waals surface area contributed by atoms with E-state index in [1.165, 1.54) is 23.5 Å². The molecule has 2 nitrogen and oxygen atoms in total. The van der Waals surface area contributed by atoms with Crippen LogP contribution in [0.5, 0.6) is 5.75 Å². The van der Waals surface area contributed by atoms with Crippen molar-refractivity contribution in [2.45, 2.75) is 6.04 Å². The molecule has 0 spiro atoms. The Balaban J connectivity index is 0.00000128. The summed E-state index contributed by atoms with van der Waals surface area (Å²) >= 11 is 1.52. The zero-order valence-corrected chi connectivity index (χ0v) is 9.89. The standard InChI is InChI=1S/C11H10FNOS.ClH/c12-9-3-1-2-8(11(9)14)10(13)7-4-5-15-6-7;/h1-6,10,14H,13H2;1H/t10-;/m1./s1. The number of phenols is 1. The zero-order valence-electron chi connectivity index (χ0n) is 8.26. The summed E-state index contributed by atoms with van der Waals surface area (Å²) in [5.74, 6) is -1.01. The number of rotatable bonds is 2. The van der Waals surface area contributed by atoms with Gasteiger partial charge in [0.05, 0.1) is 6.04 Å². The lowest BCUT2D eigenvalue weighted by atomic mass is 10.0. The second-order valence-corrected chi connectivity index (χ2v) is 3.99. The summed E-state index contributed by atoms with van der Waals surface area (Å²) in [6.45, 7) is 0. The third-order valence-electron chi connectivity index (χ3n) is 2.26. The molecule has 1 atom stereocenters. The topological polar surface area (TPSA) is 46.2 Å². The van der Waals surface area contributed by atoms with Gasteiger partial charge in [-0.1, -0.05) is 12.1 Å². The Bertz CT molecular complexity index is 461. The highest BCUT2D eigenvalue weighted by molar-refractivity contribution is 7.08. The van der Waals surface area contributed by atoms with Crippen LogP contribution in [0.4, 0.5) is 4.39 Å². The molecule has 0 fully saturated rings. The fourth-order valence-corrected chi connectivity index (χ4v) is 2.11. The Morgan fingerprint density at radius 2 is 2.06 bits per heavy atom. The van der Waals surface area contributed by atoms with Gasteiger partial charge in [0.2, 0.25) is 0 Å². The smallest absolute Gasteiger partial charge is 0.165 e. The molecule has 1 aromatic heterocycles. The lowest BCUT2D eigenvalue weighted by Gasteiger charge is -2.12. The van der Waals surface area contributed by atoms with Gasteiger partial charge in [-0.25, -0.2) is 4.39 Å². The summed E-state index contributed by atoms with van der Waals surface area (Å²) < 4.78 is 13.1. The van der Waals surface area contributed by atoms with Crippen molar-refractivity contribution in [1.82, 2.24) is 0 Å². The SMILES string of the molecule is Cl.N[C@H](c1ccsc1)c1cccc(F)c1O. The van der Waals surface area contributed by atoms with Gasteiger partial charge in [-0.2, -0.15) is 11.3 Å². The summed E-state index contributed by atoms with van der Waals surface area (Å²) in [4.78, 5) is 0. The van der Waals surface area contributed by atoms with Crippen LogP contribution in [0, 0.1) is 5.82 Å². The van der Waals surface area contributed by atoms with Crippen molar-refractivity contribution in [3.05, 3.63) is 52.0 Å². The molecule has 0 bridgehead atoms. The lowest BCUT2D eigenvalue weighted by molar-refractivity contribution is 0.423. The Morgan fingerprint density at radius 1 is 1.31 bits per heavy atom. The molecule has 86 valence electrons. The van der Waals surface area contributed by atoms with E-state index in [1.54, 1.807) is 6.07 Å². The maximum Gasteiger partial charge on any atom is 0.165 e. The number of phenolic OH excluding ortho intramolecular Hbond substituents is 1. The molecule has 2 rings (SSSR count). The van der Waals surface area contributed by atoms with E-state index < -0.39 is 11.9 Å². The molecule has 0 radical (unpaired) electrons. The van der Waals surface area contributed by atoms with E-state index >= 15 is 0 Å². The third-order valence-corrected chi connectivity index (χ3v) is 2.96. The van der Waals surface area contributed by atoms with Gasteiger partial charge in [-0.15, -0.1) is 12.4 Å². The van der Waals surface area contributed by atoms with E-state index in [-0.39, 0.29) is 18.2 Å². The fourth-order valence-electron chi connectivity index (χ4n) is 1.41. The lowest BCUT2D eigenvalue weighted by Crippen LogP contribution is -2.11. The highest BCUT2D eigenvalue weighted by Gasteiger charge is 2.15. The van der Waals surface area contributed by atoms with Crippen LogP contribution in [0.3, 0.4) is 0 Å². The third kappa shape index (κ3) is 2.35. The molecule has 0 unspecified atom stereocenters. The Morgan fingerprint density at radius 3 is 2.69 bits per heavy atom. The van der Waals surface area contributed by atoms with Crippen LogP contribution in [-0.4, -0.2) is 5.11 Å². The van der Waals surface area contributed by atoms with E-state index in [9.17, 15) is 9.50 Å². The largest absolute Gasteiger partial charge is 0.505 e. The molecule has 0 saturated heterocycles. The molecule has 1 aromatic carbocycles. The first kappa shape index (κ1) is 13.0. The van der Waals surface area contributed by atoms with Gasteiger partial charge in [0.25, 0.3) is 0 Å². The average Bonchev–Trinajstić information content (AvgIpc) is 2.74. The Kier molecular flexibility index (Phi) is 4.29. The highest BCUT2D eigenvalue weighted by Crippen LogP contribution is 2.30. The number of thiophene rings is 1. The van der Waals surface area contributed by atoms with Crippen LogP contribution in [0.15, 0.2) is 35.0 Å². The number of benzene rings is 1. The monoisotopic (exact) mass is 259 g/mol. The molecule has 5 heteroatoms. The van der Waals surface area contributed by atoms with E-state index in [0.717, 1.165) is 5.56 Å². The van der Waals surface area contributed by atoms with Crippen molar-refractivity contribution < 1.29 is 9.50 Å². The maximum absolute atomic E-state index is 13.1. The molecule has 1 heterocycles. The summed E-state index contributed by atoms with van der Waals surface area (Å²) in [6.07, 6.45) is 0. The van der Waals surface area contributed by atoms with E-state index in [1.807, 2.05) is 16.8 Å². The predicted octanol–water partition coefficient (Wildman–Crippen LogP) is 3.06. The van der Waals surface area contributed by atoms with Gasteiger partial charge in [0.1, 0.15) is 0 Å². The van der Waals surface area contributed by atoms with Gasteiger partial charge >= 0.3 is 0 Å². The average molecular weight is 260 g/mol. The van der Waals surface area contributed by atoms with Crippen LogP contribution < -0.4 is 5.73 Å². The molecule has 0 amide bonds. The first-order valence-electron chi connectivity index (χ1n) is 4.45. The zero-order chi connectivity index (χ0) is 10.8. The molecule has 2 aromatic rings. The van der Waals surface area contributed by atoms with Crippen molar-refractivity contribution in [2.24, 2.45) is 5.73 Å². The van der Waals surface area contributed by atoms with Gasteiger partial charge in [-0.3, -0.25) is 0 Å². The van der Waals surface area contributed by atoms with Crippen molar-refractivity contribution in [3.63, 3.8) is 0 Å². The van der Waals surface area contributed by atoms with Gasteiger partial charge in [-0.05, 0) is 28.5 Å². The molecule has 16 heavy (non-hydrogen) atoms. The maximum atomic E-state index is 13.1.